The van der Waals surface area contributed by atoms with Crippen molar-refractivity contribution in [3.05, 3.63) is 22.4 Å². The first-order chi connectivity index (χ1) is 10.2. The highest BCUT2D eigenvalue weighted by molar-refractivity contribution is 7.09. The van der Waals surface area contributed by atoms with Crippen LogP contribution in [0.15, 0.2) is 17.5 Å². The van der Waals surface area contributed by atoms with Gasteiger partial charge in [0.2, 0.25) is 0 Å². The Balaban J connectivity index is 1.67. The molecule has 1 aliphatic heterocycles. The van der Waals surface area contributed by atoms with Crippen LogP contribution >= 0.6 is 11.3 Å². The molecule has 0 aromatic carbocycles. The van der Waals surface area contributed by atoms with Crippen molar-refractivity contribution in [1.82, 2.24) is 10.2 Å². The topological polar surface area (TPSA) is 15.3 Å². The number of hydrogen-bond acceptors (Lipinski definition) is 3. The van der Waals surface area contributed by atoms with Crippen LogP contribution in [0, 0.1) is 5.92 Å². The van der Waals surface area contributed by atoms with E-state index in [-0.39, 0.29) is 0 Å². The van der Waals surface area contributed by atoms with E-state index in [0.29, 0.717) is 11.6 Å². The molecule has 2 unspecified atom stereocenters. The fourth-order valence-electron chi connectivity index (χ4n) is 4.15. The molecule has 0 bridgehead atoms. The van der Waals surface area contributed by atoms with Gasteiger partial charge < -0.3 is 5.32 Å². The Morgan fingerprint density at radius 3 is 2.90 bits per heavy atom. The molecule has 3 rings (SSSR count). The van der Waals surface area contributed by atoms with Crippen LogP contribution in [0.4, 0.5) is 0 Å². The first-order valence-corrected chi connectivity index (χ1v) is 9.62. The zero-order chi connectivity index (χ0) is 14.7. The summed E-state index contributed by atoms with van der Waals surface area (Å²) in [6, 6.07) is 5.16. The molecule has 0 radical (unpaired) electrons. The third-order valence-electron chi connectivity index (χ3n) is 5.85. The van der Waals surface area contributed by atoms with Gasteiger partial charge in [-0.15, -0.1) is 11.3 Å². The van der Waals surface area contributed by atoms with Gasteiger partial charge in [0.15, 0.2) is 0 Å². The summed E-state index contributed by atoms with van der Waals surface area (Å²) in [6.07, 6.45) is 8.15. The molecule has 2 aliphatic rings. The van der Waals surface area contributed by atoms with Crippen molar-refractivity contribution in [3.8, 4) is 0 Å². The largest absolute Gasteiger partial charge is 0.311 e. The van der Waals surface area contributed by atoms with Crippen LogP contribution in [-0.2, 0) is 6.42 Å². The van der Waals surface area contributed by atoms with E-state index in [1.54, 1.807) is 4.88 Å². The van der Waals surface area contributed by atoms with Crippen LogP contribution in [0.3, 0.4) is 0 Å². The van der Waals surface area contributed by atoms with Gasteiger partial charge in [0.25, 0.3) is 0 Å². The Hall–Kier alpha value is -0.380. The summed E-state index contributed by atoms with van der Waals surface area (Å²) in [6.45, 7) is 8.44. The summed E-state index contributed by atoms with van der Waals surface area (Å²) in [7, 11) is 0. The van der Waals surface area contributed by atoms with Gasteiger partial charge in [0, 0.05) is 36.1 Å². The molecule has 1 aliphatic carbocycles. The molecule has 1 saturated heterocycles. The molecule has 1 aromatic heterocycles. The van der Waals surface area contributed by atoms with Gasteiger partial charge in [-0.3, -0.25) is 4.90 Å². The van der Waals surface area contributed by atoms with Crippen molar-refractivity contribution >= 4 is 11.3 Å². The van der Waals surface area contributed by atoms with Gasteiger partial charge in [-0.1, -0.05) is 39.2 Å². The quantitative estimate of drug-likeness (QED) is 0.887. The van der Waals surface area contributed by atoms with Gasteiger partial charge in [0.1, 0.15) is 0 Å². The van der Waals surface area contributed by atoms with Crippen LogP contribution < -0.4 is 5.32 Å². The number of nitrogens with zero attached hydrogens (tertiary/aromatic N) is 1. The van der Waals surface area contributed by atoms with E-state index in [2.05, 4.69) is 41.6 Å². The molecule has 2 fully saturated rings. The SMILES string of the molecule is CCC(C)C1CN(CCc2cccs2)C2(CCCC2)CN1. The Bertz CT molecular complexity index is 422. The molecule has 0 amide bonds. The average molecular weight is 307 g/mol. The minimum absolute atomic E-state index is 0.473. The number of nitrogens with one attached hydrogen (secondary N) is 1. The molecule has 2 atom stereocenters. The van der Waals surface area contributed by atoms with Crippen molar-refractivity contribution in [2.24, 2.45) is 5.92 Å². The van der Waals surface area contributed by atoms with Gasteiger partial charge in [-0.05, 0) is 36.6 Å². The second kappa shape index (κ2) is 6.80. The van der Waals surface area contributed by atoms with Crippen LogP contribution in [-0.4, -0.2) is 36.1 Å². The Labute approximate surface area is 133 Å². The first-order valence-electron chi connectivity index (χ1n) is 8.74. The predicted molar refractivity (Wildman–Crippen MR) is 92.0 cm³/mol. The summed E-state index contributed by atoms with van der Waals surface area (Å²) in [5.41, 5.74) is 0.473. The maximum atomic E-state index is 3.89. The Kier molecular flexibility index (Phi) is 5.03. The van der Waals surface area contributed by atoms with Crippen molar-refractivity contribution in [3.63, 3.8) is 0 Å². The summed E-state index contributed by atoms with van der Waals surface area (Å²) in [5.74, 6) is 0.785. The fourth-order valence-corrected chi connectivity index (χ4v) is 4.85. The average Bonchev–Trinajstić information content (AvgIpc) is 3.18. The van der Waals surface area contributed by atoms with E-state index in [4.69, 9.17) is 0 Å². The number of rotatable bonds is 5. The van der Waals surface area contributed by atoms with E-state index in [1.165, 1.54) is 58.2 Å². The number of hydrogen-bond donors (Lipinski definition) is 1. The van der Waals surface area contributed by atoms with Crippen LogP contribution in [0.25, 0.3) is 0 Å². The van der Waals surface area contributed by atoms with Crippen molar-refractivity contribution in [2.45, 2.75) is 64.0 Å². The number of thiophene rings is 1. The van der Waals surface area contributed by atoms with Crippen molar-refractivity contribution in [1.29, 1.82) is 0 Å². The zero-order valence-electron chi connectivity index (χ0n) is 13.6. The van der Waals surface area contributed by atoms with E-state index in [0.717, 1.165) is 5.92 Å². The minimum Gasteiger partial charge on any atom is -0.311 e. The normalized spacial score (nSPS) is 27.2. The monoisotopic (exact) mass is 306 g/mol. The maximum absolute atomic E-state index is 3.89. The predicted octanol–water partition coefficient (Wildman–Crippen LogP) is 3.92. The Morgan fingerprint density at radius 1 is 1.43 bits per heavy atom. The fraction of sp³-hybridized carbons (Fsp3) is 0.778. The van der Waals surface area contributed by atoms with Crippen molar-refractivity contribution in [2.75, 3.05) is 19.6 Å². The Morgan fingerprint density at radius 2 is 2.24 bits per heavy atom. The summed E-state index contributed by atoms with van der Waals surface area (Å²) >= 11 is 1.91. The lowest BCUT2D eigenvalue weighted by Gasteiger charge is -2.49. The summed E-state index contributed by atoms with van der Waals surface area (Å²) in [5, 5.41) is 6.10. The lowest BCUT2D eigenvalue weighted by atomic mass is 9.87. The van der Waals surface area contributed by atoms with Crippen LogP contribution in [0.5, 0.6) is 0 Å². The third-order valence-corrected chi connectivity index (χ3v) is 6.79. The molecule has 3 heteroatoms. The molecular weight excluding hydrogens is 276 g/mol. The van der Waals surface area contributed by atoms with Gasteiger partial charge in [0.05, 0.1) is 0 Å². The molecule has 118 valence electrons. The molecule has 2 heterocycles. The van der Waals surface area contributed by atoms with Crippen LogP contribution in [0.2, 0.25) is 0 Å². The zero-order valence-corrected chi connectivity index (χ0v) is 14.4. The van der Waals surface area contributed by atoms with Gasteiger partial charge >= 0.3 is 0 Å². The molecule has 1 saturated carbocycles. The van der Waals surface area contributed by atoms with Crippen LogP contribution in [0.1, 0.15) is 50.8 Å². The summed E-state index contributed by atoms with van der Waals surface area (Å²) < 4.78 is 0. The first kappa shape index (κ1) is 15.5. The smallest absolute Gasteiger partial charge is 0.0334 e. The second-order valence-electron chi connectivity index (χ2n) is 7.08. The lowest BCUT2D eigenvalue weighted by Crippen LogP contribution is -2.65. The molecule has 1 spiro atoms. The van der Waals surface area contributed by atoms with E-state index < -0.39 is 0 Å². The summed E-state index contributed by atoms with van der Waals surface area (Å²) in [4.78, 5) is 4.40. The van der Waals surface area contributed by atoms with E-state index in [9.17, 15) is 0 Å². The molecule has 1 N–H and O–H groups in total. The van der Waals surface area contributed by atoms with E-state index in [1.807, 2.05) is 11.3 Å². The van der Waals surface area contributed by atoms with Gasteiger partial charge in [-0.2, -0.15) is 0 Å². The molecule has 21 heavy (non-hydrogen) atoms. The highest BCUT2D eigenvalue weighted by Gasteiger charge is 2.43. The highest BCUT2D eigenvalue weighted by atomic mass is 32.1. The standard InChI is InChI=1S/C18H30N2S/c1-3-15(2)17-13-20(11-8-16-7-6-12-21-16)18(14-19-17)9-4-5-10-18/h6-7,12,15,17,19H,3-5,8-11,13-14H2,1-2H3. The number of piperazine rings is 1. The van der Waals surface area contributed by atoms with Gasteiger partial charge in [-0.25, -0.2) is 0 Å². The maximum Gasteiger partial charge on any atom is 0.0334 e. The van der Waals surface area contributed by atoms with Crippen molar-refractivity contribution < 1.29 is 0 Å². The third kappa shape index (κ3) is 3.35. The second-order valence-corrected chi connectivity index (χ2v) is 8.11. The van der Waals surface area contributed by atoms with E-state index >= 15 is 0 Å². The minimum atomic E-state index is 0.473. The molecule has 1 aromatic rings. The lowest BCUT2D eigenvalue weighted by molar-refractivity contribution is 0.0319. The molecule has 2 nitrogen and oxygen atoms in total. The highest BCUT2D eigenvalue weighted by Crippen LogP contribution is 2.37. The molecular formula is C18H30N2S.